The first-order valence-corrected chi connectivity index (χ1v) is 12.9. The predicted octanol–water partition coefficient (Wildman–Crippen LogP) is 7.50. The SMILES string of the molecule is CC.CC.Cc1cc(NC(=O)N(Nc2cccc(C#N)c2)c2ccccc2)ccc1N1CCCCC1=O. The molecule has 0 unspecified atom stereocenters. The quantitative estimate of drug-likeness (QED) is 0.356. The molecule has 1 aliphatic rings. The van der Waals surface area contributed by atoms with Gasteiger partial charge in [-0.1, -0.05) is 52.0 Å². The van der Waals surface area contributed by atoms with Crippen molar-refractivity contribution in [2.45, 2.75) is 53.9 Å². The fourth-order valence-electron chi connectivity index (χ4n) is 3.87. The van der Waals surface area contributed by atoms with Crippen LogP contribution in [0.5, 0.6) is 0 Å². The summed E-state index contributed by atoms with van der Waals surface area (Å²) in [5.74, 6) is 0.139. The molecule has 0 bridgehead atoms. The summed E-state index contributed by atoms with van der Waals surface area (Å²) < 4.78 is 0. The topological polar surface area (TPSA) is 88.5 Å². The molecule has 1 saturated heterocycles. The molecule has 3 aromatic rings. The molecule has 1 aliphatic heterocycles. The zero-order valence-corrected chi connectivity index (χ0v) is 22.4. The maximum absolute atomic E-state index is 13.2. The van der Waals surface area contributed by atoms with E-state index in [9.17, 15) is 14.9 Å². The van der Waals surface area contributed by atoms with E-state index in [0.29, 0.717) is 29.0 Å². The number of piperidine rings is 1. The summed E-state index contributed by atoms with van der Waals surface area (Å²) in [4.78, 5) is 27.4. The van der Waals surface area contributed by atoms with E-state index in [0.717, 1.165) is 30.6 Å². The van der Waals surface area contributed by atoms with Gasteiger partial charge in [0.25, 0.3) is 0 Å². The van der Waals surface area contributed by atoms with Gasteiger partial charge < -0.3 is 10.2 Å². The van der Waals surface area contributed by atoms with Crippen molar-refractivity contribution < 1.29 is 9.59 Å². The molecule has 0 atom stereocenters. The Hall–Kier alpha value is -4.31. The summed E-state index contributed by atoms with van der Waals surface area (Å²) in [6.07, 6.45) is 2.50. The Labute approximate surface area is 220 Å². The second kappa shape index (κ2) is 14.9. The molecule has 7 nitrogen and oxygen atoms in total. The highest BCUT2D eigenvalue weighted by Gasteiger charge is 2.22. The van der Waals surface area contributed by atoms with Crippen LogP contribution in [-0.2, 0) is 4.79 Å². The van der Waals surface area contributed by atoms with Gasteiger partial charge in [-0.3, -0.25) is 10.2 Å². The minimum absolute atomic E-state index is 0.139. The average Bonchev–Trinajstić information content (AvgIpc) is 2.95. The Balaban J connectivity index is 0.00000115. The lowest BCUT2D eigenvalue weighted by Gasteiger charge is -2.28. The molecule has 0 aliphatic carbocycles. The first kappa shape index (κ1) is 28.9. The van der Waals surface area contributed by atoms with Gasteiger partial charge in [0, 0.05) is 24.3 Å². The van der Waals surface area contributed by atoms with Crippen LogP contribution in [-0.4, -0.2) is 18.5 Å². The number of aryl methyl sites for hydroxylation is 1. The number of urea groups is 1. The molecule has 4 rings (SSSR count). The molecule has 1 fully saturated rings. The van der Waals surface area contributed by atoms with Crippen LogP contribution < -0.4 is 20.7 Å². The number of para-hydroxylation sites is 1. The summed E-state index contributed by atoms with van der Waals surface area (Å²) >= 11 is 0. The van der Waals surface area contributed by atoms with E-state index < -0.39 is 0 Å². The number of amides is 3. The van der Waals surface area contributed by atoms with Gasteiger partial charge in [0.05, 0.1) is 23.0 Å². The molecule has 7 heteroatoms. The van der Waals surface area contributed by atoms with E-state index in [-0.39, 0.29) is 11.9 Å². The molecule has 0 spiro atoms. The van der Waals surface area contributed by atoms with Gasteiger partial charge in [0.15, 0.2) is 0 Å². The molecule has 0 saturated carbocycles. The molecule has 0 radical (unpaired) electrons. The average molecular weight is 500 g/mol. The van der Waals surface area contributed by atoms with E-state index >= 15 is 0 Å². The summed E-state index contributed by atoms with van der Waals surface area (Å²) in [6, 6.07) is 23.4. The molecule has 3 amide bonds. The molecule has 3 aromatic carbocycles. The fourth-order valence-corrected chi connectivity index (χ4v) is 3.87. The van der Waals surface area contributed by atoms with Crippen molar-refractivity contribution in [3.8, 4) is 6.07 Å². The third kappa shape index (κ3) is 7.84. The predicted molar refractivity (Wildman–Crippen MR) is 153 cm³/mol. The van der Waals surface area contributed by atoms with E-state index in [1.165, 1.54) is 5.01 Å². The molecule has 0 aromatic heterocycles. The standard InChI is InChI=1S/C26H25N5O2.2C2H6/c1-19-16-21(13-14-24(19)30-15-6-5-12-25(30)32)28-26(33)31(23-10-3-2-4-11-23)29-22-9-7-8-20(17-22)18-27;2*1-2/h2-4,7-11,13-14,16-17,29H,5-6,12,15H2,1H3,(H,28,33);2*1-2H3. The van der Waals surface area contributed by atoms with E-state index in [2.05, 4.69) is 16.8 Å². The molecular formula is C30H37N5O2. The number of carbonyl (C=O) groups is 2. The Morgan fingerprint density at radius 2 is 1.65 bits per heavy atom. The lowest BCUT2D eigenvalue weighted by molar-refractivity contribution is -0.119. The zero-order chi connectivity index (χ0) is 27.2. The Bertz CT molecular complexity index is 1200. The highest BCUT2D eigenvalue weighted by molar-refractivity contribution is 6.03. The van der Waals surface area contributed by atoms with E-state index in [1.54, 1.807) is 24.3 Å². The number of nitriles is 1. The maximum Gasteiger partial charge on any atom is 0.345 e. The molecule has 1 heterocycles. The van der Waals surface area contributed by atoms with Crippen LogP contribution in [0.1, 0.15) is 58.1 Å². The minimum Gasteiger partial charge on any atom is -0.312 e. The zero-order valence-electron chi connectivity index (χ0n) is 22.4. The lowest BCUT2D eigenvalue weighted by Crippen LogP contribution is -2.39. The van der Waals surface area contributed by atoms with Crippen LogP contribution in [0.15, 0.2) is 72.8 Å². The van der Waals surface area contributed by atoms with Crippen LogP contribution in [0.4, 0.5) is 27.5 Å². The van der Waals surface area contributed by atoms with Crippen LogP contribution in [0.2, 0.25) is 0 Å². The summed E-state index contributed by atoms with van der Waals surface area (Å²) in [7, 11) is 0. The number of benzene rings is 3. The van der Waals surface area contributed by atoms with Crippen LogP contribution in [0.3, 0.4) is 0 Å². The number of rotatable bonds is 5. The van der Waals surface area contributed by atoms with Crippen molar-refractivity contribution in [3.63, 3.8) is 0 Å². The largest absolute Gasteiger partial charge is 0.345 e. The monoisotopic (exact) mass is 499 g/mol. The highest BCUT2D eigenvalue weighted by Crippen LogP contribution is 2.27. The molecule has 194 valence electrons. The van der Waals surface area contributed by atoms with Gasteiger partial charge in [-0.2, -0.15) is 5.26 Å². The summed E-state index contributed by atoms with van der Waals surface area (Å²) in [6.45, 7) is 10.7. The van der Waals surface area contributed by atoms with Crippen LogP contribution in [0, 0.1) is 18.3 Å². The minimum atomic E-state index is -0.384. The van der Waals surface area contributed by atoms with E-state index in [1.807, 2.05) is 88.0 Å². The van der Waals surface area contributed by atoms with Crippen molar-refractivity contribution in [1.29, 1.82) is 5.26 Å². The Kier molecular flexibility index (Phi) is 11.7. The molecular weight excluding hydrogens is 462 g/mol. The number of carbonyl (C=O) groups excluding carboxylic acids is 2. The number of hydrogen-bond acceptors (Lipinski definition) is 4. The number of anilines is 4. The van der Waals surface area contributed by atoms with Crippen molar-refractivity contribution in [2.24, 2.45) is 0 Å². The van der Waals surface area contributed by atoms with Gasteiger partial charge in [-0.05, 0) is 73.9 Å². The smallest absolute Gasteiger partial charge is 0.312 e. The van der Waals surface area contributed by atoms with E-state index in [4.69, 9.17) is 0 Å². The summed E-state index contributed by atoms with van der Waals surface area (Å²) in [5, 5.41) is 13.5. The summed E-state index contributed by atoms with van der Waals surface area (Å²) in [5.41, 5.74) is 7.26. The van der Waals surface area contributed by atoms with Gasteiger partial charge in [-0.15, -0.1) is 0 Å². The second-order valence-corrected chi connectivity index (χ2v) is 7.91. The van der Waals surface area contributed by atoms with Crippen molar-refractivity contribution in [2.75, 3.05) is 27.2 Å². The first-order chi connectivity index (χ1) is 18.0. The molecule has 37 heavy (non-hydrogen) atoms. The Morgan fingerprint density at radius 1 is 0.919 bits per heavy atom. The number of hydrogen-bond donors (Lipinski definition) is 2. The van der Waals surface area contributed by atoms with Crippen molar-refractivity contribution >= 4 is 34.7 Å². The van der Waals surface area contributed by atoms with Crippen LogP contribution in [0.25, 0.3) is 0 Å². The molecule has 2 N–H and O–H groups in total. The fraction of sp³-hybridized carbons (Fsp3) is 0.300. The van der Waals surface area contributed by atoms with Gasteiger partial charge >= 0.3 is 6.03 Å². The lowest BCUT2D eigenvalue weighted by atomic mass is 10.1. The third-order valence-electron chi connectivity index (χ3n) is 5.51. The normalized spacial score (nSPS) is 12.1. The Morgan fingerprint density at radius 3 is 2.30 bits per heavy atom. The third-order valence-corrected chi connectivity index (χ3v) is 5.51. The van der Waals surface area contributed by atoms with Crippen molar-refractivity contribution in [1.82, 2.24) is 0 Å². The number of hydrazine groups is 1. The highest BCUT2D eigenvalue weighted by atomic mass is 16.2. The van der Waals surface area contributed by atoms with Crippen LogP contribution >= 0.6 is 0 Å². The van der Waals surface area contributed by atoms with Gasteiger partial charge in [-0.25, -0.2) is 9.80 Å². The maximum atomic E-state index is 13.2. The first-order valence-electron chi connectivity index (χ1n) is 12.9. The van der Waals surface area contributed by atoms with Gasteiger partial charge in [0.2, 0.25) is 5.91 Å². The van der Waals surface area contributed by atoms with Crippen molar-refractivity contribution in [3.05, 3.63) is 83.9 Å². The number of nitrogens with one attached hydrogen (secondary N) is 2. The van der Waals surface area contributed by atoms with Gasteiger partial charge in [0.1, 0.15) is 0 Å². The number of nitrogens with zero attached hydrogens (tertiary/aromatic N) is 3. The second-order valence-electron chi connectivity index (χ2n) is 7.91.